The maximum atomic E-state index is 4.46. The van der Waals surface area contributed by atoms with Crippen molar-refractivity contribution in [2.45, 2.75) is 0 Å². The molecule has 0 aliphatic rings. The minimum atomic E-state index is 1.08. The number of pyridine rings is 4. The van der Waals surface area contributed by atoms with Gasteiger partial charge in [0.1, 0.15) is 0 Å². The zero-order valence-electron chi connectivity index (χ0n) is 23.9. The summed E-state index contributed by atoms with van der Waals surface area (Å²) in [4.78, 5) is 17.9. The molecule has 7 aromatic heterocycles. The summed E-state index contributed by atoms with van der Waals surface area (Å²) in [6, 6.07) is 32.3. The summed E-state index contributed by atoms with van der Waals surface area (Å²) in [5.74, 6) is 0. The summed E-state index contributed by atoms with van der Waals surface area (Å²) < 4.78 is 7.13. The van der Waals surface area contributed by atoms with Crippen LogP contribution in [0.15, 0.2) is 141 Å². The smallest absolute Gasteiger partial charge is 0.0783 e. The van der Waals surface area contributed by atoms with Crippen LogP contribution in [0, 0.1) is 0 Å². The van der Waals surface area contributed by atoms with Crippen molar-refractivity contribution in [3.05, 3.63) is 141 Å². The van der Waals surface area contributed by atoms with Gasteiger partial charge in [-0.2, -0.15) is 0 Å². The predicted octanol–water partition coefficient (Wildman–Crippen LogP) is 8.56. The highest BCUT2D eigenvalue weighted by Crippen LogP contribution is 2.42. The topological polar surface area (TPSA) is 66.3 Å². The third-order valence-electron chi connectivity index (χ3n) is 9.00. The van der Waals surface area contributed by atoms with Gasteiger partial charge in [0, 0.05) is 87.6 Å². The molecule has 10 rings (SSSR count). The molecule has 0 saturated carbocycles. The number of aromatic nitrogens is 7. The quantitative estimate of drug-likeness (QED) is 0.211. The van der Waals surface area contributed by atoms with Crippen LogP contribution >= 0.6 is 0 Å². The van der Waals surface area contributed by atoms with Gasteiger partial charge in [0.05, 0.1) is 44.5 Å². The number of benzene rings is 3. The van der Waals surface area contributed by atoms with Crippen LogP contribution in [0.5, 0.6) is 0 Å². The van der Waals surface area contributed by atoms with Gasteiger partial charge in [0.15, 0.2) is 0 Å². The van der Waals surface area contributed by atoms with Crippen LogP contribution in [0.25, 0.3) is 82.5 Å². The molecule has 10 aromatic rings. The molecule has 0 aliphatic heterocycles. The second-order valence-corrected chi connectivity index (χ2v) is 11.3. The Bertz CT molecular complexity index is 2490. The molecule has 7 nitrogen and oxygen atoms in total. The maximum Gasteiger partial charge on any atom is 0.0783 e. The Labute approximate surface area is 256 Å². The Morgan fingerprint density at radius 1 is 0.333 bits per heavy atom. The van der Waals surface area contributed by atoms with Gasteiger partial charge in [0.25, 0.3) is 0 Å². The van der Waals surface area contributed by atoms with E-state index in [4.69, 9.17) is 0 Å². The van der Waals surface area contributed by atoms with Gasteiger partial charge in [-0.15, -0.1) is 0 Å². The fourth-order valence-corrected chi connectivity index (χ4v) is 7.21. The zero-order valence-corrected chi connectivity index (χ0v) is 23.9. The van der Waals surface area contributed by atoms with Crippen molar-refractivity contribution in [1.29, 1.82) is 0 Å². The highest BCUT2D eigenvalue weighted by atomic mass is 15.1. The lowest BCUT2D eigenvalue weighted by atomic mass is 10.1. The summed E-state index contributed by atoms with van der Waals surface area (Å²) in [6.07, 6.45) is 15.2. The van der Waals surface area contributed by atoms with Gasteiger partial charge < -0.3 is 13.7 Å². The second kappa shape index (κ2) is 9.08. The molecule has 0 saturated heterocycles. The predicted molar refractivity (Wildman–Crippen MR) is 181 cm³/mol. The van der Waals surface area contributed by atoms with Crippen molar-refractivity contribution < 1.29 is 0 Å². The lowest BCUT2D eigenvalue weighted by molar-refractivity contribution is 1.11. The number of nitrogens with zero attached hydrogens (tertiary/aromatic N) is 7. The molecule has 45 heavy (non-hydrogen) atoms. The molecule has 3 aromatic carbocycles. The largest absolute Gasteiger partial charge is 0.307 e. The number of para-hydroxylation sites is 3. The molecular formula is C38H23N7. The molecule has 0 radical (unpaired) electrons. The Morgan fingerprint density at radius 3 is 1.13 bits per heavy atom. The first-order valence-corrected chi connectivity index (χ1v) is 14.9. The fourth-order valence-electron chi connectivity index (χ4n) is 7.21. The van der Waals surface area contributed by atoms with Crippen molar-refractivity contribution >= 4 is 65.4 Å². The highest BCUT2D eigenvalue weighted by molar-refractivity contribution is 6.17. The Kier molecular flexibility index (Phi) is 4.87. The Balaban J connectivity index is 1.43. The molecular weight excluding hydrogens is 554 g/mol. The summed E-state index contributed by atoms with van der Waals surface area (Å²) >= 11 is 0. The van der Waals surface area contributed by atoms with Crippen LogP contribution in [-0.2, 0) is 0 Å². The van der Waals surface area contributed by atoms with E-state index in [-0.39, 0.29) is 0 Å². The monoisotopic (exact) mass is 577 g/mol. The number of rotatable bonds is 3. The van der Waals surface area contributed by atoms with Crippen LogP contribution in [0.1, 0.15) is 0 Å². The Hall–Kier alpha value is -6.34. The molecule has 210 valence electrons. The average Bonchev–Trinajstić information content (AvgIpc) is 3.75. The fraction of sp³-hybridized carbons (Fsp3) is 0. The van der Waals surface area contributed by atoms with E-state index in [1.807, 2.05) is 49.6 Å². The summed E-state index contributed by atoms with van der Waals surface area (Å²) in [7, 11) is 0. The van der Waals surface area contributed by atoms with E-state index in [1.165, 1.54) is 10.8 Å². The van der Waals surface area contributed by atoms with Gasteiger partial charge in [-0.25, -0.2) is 0 Å². The normalized spacial score (nSPS) is 12.0. The second-order valence-electron chi connectivity index (χ2n) is 11.3. The van der Waals surface area contributed by atoms with Gasteiger partial charge in [-0.3, -0.25) is 19.9 Å². The van der Waals surface area contributed by atoms with Crippen LogP contribution < -0.4 is 0 Å². The maximum absolute atomic E-state index is 4.46. The van der Waals surface area contributed by atoms with Gasteiger partial charge in [-0.1, -0.05) is 42.5 Å². The van der Waals surface area contributed by atoms with E-state index >= 15 is 0 Å². The van der Waals surface area contributed by atoms with Crippen molar-refractivity contribution in [3.8, 4) is 17.1 Å². The molecule has 0 fully saturated rings. The highest BCUT2D eigenvalue weighted by Gasteiger charge is 2.23. The molecule has 0 bridgehead atoms. The third-order valence-corrected chi connectivity index (χ3v) is 9.00. The third kappa shape index (κ3) is 3.24. The van der Waals surface area contributed by atoms with E-state index in [0.29, 0.717) is 0 Å². The lowest BCUT2D eigenvalue weighted by Crippen LogP contribution is -2.03. The first-order chi connectivity index (χ1) is 22.4. The van der Waals surface area contributed by atoms with Gasteiger partial charge >= 0.3 is 0 Å². The van der Waals surface area contributed by atoms with Crippen molar-refractivity contribution in [2.24, 2.45) is 0 Å². The minimum Gasteiger partial charge on any atom is -0.307 e. The van der Waals surface area contributed by atoms with Crippen LogP contribution in [-0.4, -0.2) is 33.6 Å². The summed E-state index contributed by atoms with van der Waals surface area (Å²) in [5, 5.41) is 6.66. The lowest BCUT2D eigenvalue weighted by Gasteiger charge is -2.16. The molecule has 0 unspecified atom stereocenters. The standard InChI is InChI=1S/C38H23N7/c1-2-6-24(7-3-1)43-37-25(8-4-10-35(37)44-31-12-16-39-20-27(31)28-21-40-17-13-32(28)44)26-9-5-11-36(38(26)43)45-33-14-18-41-22-29(33)30-23-42-19-15-34(30)45/h1-23H. The molecule has 7 heteroatoms. The molecule has 0 spiro atoms. The van der Waals surface area contributed by atoms with E-state index in [9.17, 15) is 0 Å². The van der Waals surface area contributed by atoms with E-state index in [0.717, 1.165) is 71.7 Å². The van der Waals surface area contributed by atoms with E-state index in [2.05, 4.69) is 125 Å². The average molecular weight is 578 g/mol. The molecule has 0 N–H and O–H groups in total. The van der Waals surface area contributed by atoms with Crippen LogP contribution in [0.2, 0.25) is 0 Å². The number of hydrogen-bond donors (Lipinski definition) is 0. The van der Waals surface area contributed by atoms with Crippen molar-refractivity contribution in [2.75, 3.05) is 0 Å². The van der Waals surface area contributed by atoms with Gasteiger partial charge in [0.2, 0.25) is 0 Å². The Morgan fingerprint density at radius 2 is 0.733 bits per heavy atom. The number of fused-ring (bicyclic) bond motifs is 9. The van der Waals surface area contributed by atoms with Gasteiger partial charge in [-0.05, 0) is 48.5 Å². The van der Waals surface area contributed by atoms with E-state index < -0.39 is 0 Å². The van der Waals surface area contributed by atoms with Crippen LogP contribution in [0.3, 0.4) is 0 Å². The molecule has 0 aliphatic carbocycles. The first-order valence-electron chi connectivity index (χ1n) is 14.9. The zero-order chi connectivity index (χ0) is 29.5. The van der Waals surface area contributed by atoms with Crippen LogP contribution in [0.4, 0.5) is 0 Å². The number of hydrogen-bond acceptors (Lipinski definition) is 4. The molecule has 0 atom stereocenters. The van der Waals surface area contributed by atoms with Crippen molar-refractivity contribution in [1.82, 2.24) is 33.6 Å². The van der Waals surface area contributed by atoms with Crippen molar-refractivity contribution in [3.63, 3.8) is 0 Å². The summed E-state index contributed by atoms with van der Waals surface area (Å²) in [6.45, 7) is 0. The SMILES string of the molecule is c1ccc(-n2c3c(-n4c5ccncc5c5cnccc54)cccc3c3cccc(-n4c5ccncc5c5cnccc54)c32)cc1. The molecule has 7 heterocycles. The van der Waals surface area contributed by atoms with E-state index in [1.54, 1.807) is 0 Å². The molecule has 0 amide bonds. The summed E-state index contributed by atoms with van der Waals surface area (Å²) in [5.41, 5.74) is 9.89. The minimum absolute atomic E-state index is 1.08. The first kappa shape index (κ1) is 24.1.